The molecule has 0 radical (unpaired) electrons. The van der Waals surface area contributed by atoms with Gasteiger partial charge in [-0.05, 0) is 57.5 Å². The fraction of sp³-hybridized carbons (Fsp3) is 0.429. The minimum Gasteiger partial charge on any atom is -0.308 e. The molecule has 2 aromatic heterocycles. The zero-order valence-corrected chi connectivity index (χ0v) is 16.7. The molecule has 0 bridgehead atoms. The quantitative estimate of drug-likeness (QED) is 0.651. The normalized spacial score (nSPS) is 14.5. The Morgan fingerprint density at radius 1 is 1.04 bits per heavy atom. The Labute approximate surface area is 162 Å². The van der Waals surface area contributed by atoms with Gasteiger partial charge >= 0.3 is 5.69 Å². The van der Waals surface area contributed by atoms with Crippen LogP contribution >= 0.6 is 11.3 Å². The molecule has 0 N–H and O–H groups in total. The molecular formula is C21H25N3O2S. The van der Waals surface area contributed by atoms with Gasteiger partial charge in [0.15, 0.2) is 0 Å². The van der Waals surface area contributed by atoms with Crippen molar-refractivity contribution in [3.05, 3.63) is 61.6 Å². The van der Waals surface area contributed by atoms with Crippen LogP contribution in [0.15, 0.2) is 39.9 Å². The highest BCUT2D eigenvalue weighted by Gasteiger charge is 2.23. The number of para-hydroxylation sites is 1. The minimum atomic E-state index is -0.239. The average Bonchev–Trinajstić information content (AvgIpc) is 2.85. The van der Waals surface area contributed by atoms with E-state index in [0.29, 0.717) is 12.2 Å². The molecule has 0 fully saturated rings. The molecule has 0 amide bonds. The van der Waals surface area contributed by atoms with Crippen molar-refractivity contribution in [3.8, 4) is 5.69 Å². The number of aromatic nitrogens is 2. The first-order valence-corrected chi connectivity index (χ1v) is 10.4. The summed E-state index contributed by atoms with van der Waals surface area (Å²) in [7, 11) is 4.00. The van der Waals surface area contributed by atoms with Crippen molar-refractivity contribution in [2.45, 2.75) is 38.6 Å². The van der Waals surface area contributed by atoms with Gasteiger partial charge in [0, 0.05) is 18.0 Å². The molecule has 5 nitrogen and oxygen atoms in total. The Kier molecular flexibility index (Phi) is 5.02. The van der Waals surface area contributed by atoms with Gasteiger partial charge in [0.05, 0.1) is 11.1 Å². The molecule has 4 rings (SSSR count). The standard InChI is InChI=1S/C21H25N3O2S/c1-22(2)13-14-23-20-18(16-11-7-4-8-12-17(16)27-20)19(25)24(21(23)26)15-9-5-3-6-10-15/h3,5-6,9-10H,4,7-8,11-14H2,1-2H3. The molecule has 1 aliphatic rings. The van der Waals surface area contributed by atoms with Crippen LogP contribution in [0.1, 0.15) is 29.7 Å². The highest BCUT2D eigenvalue weighted by molar-refractivity contribution is 7.18. The predicted molar refractivity (Wildman–Crippen MR) is 111 cm³/mol. The molecule has 1 aliphatic carbocycles. The molecule has 0 unspecified atom stereocenters. The topological polar surface area (TPSA) is 47.2 Å². The van der Waals surface area contributed by atoms with Crippen LogP contribution < -0.4 is 11.2 Å². The molecule has 0 saturated carbocycles. The maximum absolute atomic E-state index is 13.4. The fourth-order valence-electron chi connectivity index (χ4n) is 3.85. The van der Waals surface area contributed by atoms with E-state index in [9.17, 15) is 9.59 Å². The van der Waals surface area contributed by atoms with Crippen molar-refractivity contribution in [2.24, 2.45) is 0 Å². The van der Waals surface area contributed by atoms with Crippen LogP contribution in [0.3, 0.4) is 0 Å². The first kappa shape index (κ1) is 18.2. The first-order chi connectivity index (χ1) is 13.1. The Bertz CT molecular complexity index is 1080. The molecule has 0 saturated heterocycles. The number of hydrogen-bond acceptors (Lipinski definition) is 4. The number of thiophene rings is 1. The highest BCUT2D eigenvalue weighted by Crippen LogP contribution is 2.33. The molecule has 27 heavy (non-hydrogen) atoms. The second kappa shape index (κ2) is 7.44. The number of fused-ring (bicyclic) bond motifs is 3. The van der Waals surface area contributed by atoms with E-state index in [2.05, 4.69) is 4.90 Å². The van der Waals surface area contributed by atoms with Gasteiger partial charge in [-0.1, -0.05) is 24.6 Å². The van der Waals surface area contributed by atoms with Gasteiger partial charge in [-0.15, -0.1) is 11.3 Å². The summed E-state index contributed by atoms with van der Waals surface area (Å²) in [5.74, 6) is 0. The van der Waals surface area contributed by atoms with E-state index in [1.54, 1.807) is 11.3 Å². The van der Waals surface area contributed by atoms with Crippen LogP contribution in [-0.2, 0) is 19.4 Å². The Morgan fingerprint density at radius 3 is 2.52 bits per heavy atom. The second-order valence-electron chi connectivity index (χ2n) is 7.46. The summed E-state index contributed by atoms with van der Waals surface area (Å²) >= 11 is 1.65. The molecule has 2 heterocycles. The second-order valence-corrected chi connectivity index (χ2v) is 8.54. The number of aryl methyl sites for hydroxylation is 2. The Balaban J connectivity index is 2.04. The summed E-state index contributed by atoms with van der Waals surface area (Å²) in [6.45, 7) is 1.33. The first-order valence-electron chi connectivity index (χ1n) is 9.58. The van der Waals surface area contributed by atoms with Crippen molar-refractivity contribution in [3.63, 3.8) is 0 Å². The van der Waals surface area contributed by atoms with E-state index >= 15 is 0 Å². The number of nitrogens with zero attached hydrogens (tertiary/aromatic N) is 3. The summed E-state index contributed by atoms with van der Waals surface area (Å²) < 4.78 is 3.17. The molecule has 0 atom stereocenters. The van der Waals surface area contributed by atoms with Gasteiger partial charge in [0.1, 0.15) is 4.83 Å². The van der Waals surface area contributed by atoms with Gasteiger partial charge in [-0.2, -0.15) is 0 Å². The lowest BCUT2D eigenvalue weighted by atomic mass is 10.1. The molecule has 0 spiro atoms. The van der Waals surface area contributed by atoms with Crippen LogP contribution in [0, 0.1) is 0 Å². The molecule has 3 aromatic rings. The van der Waals surface area contributed by atoms with Crippen molar-refractivity contribution in [2.75, 3.05) is 20.6 Å². The smallest absolute Gasteiger partial charge is 0.308 e. The van der Waals surface area contributed by atoms with Crippen molar-refractivity contribution < 1.29 is 0 Å². The third kappa shape index (κ3) is 3.28. The highest BCUT2D eigenvalue weighted by atomic mass is 32.1. The molecule has 1 aromatic carbocycles. The van der Waals surface area contributed by atoms with Crippen molar-refractivity contribution in [1.82, 2.24) is 14.0 Å². The van der Waals surface area contributed by atoms with E-state index in [1.807, 2.05) is 49.0 Å². The van der Waals surface area contributed by atoms with Crippen LogP contribution in [0.4, 0.5) is 0 Å². The van der Waals surface area contributed by atoms with Crippen molar-refractivity contribution in [1.29, 1.82) is 0 Å². The third-order valence-electron chi connectivity index (χ3n) is 5.27. The van der Waals surface area contributed by atoms with Gasteiger partial charge in [0.25, 0.3) is 5.56 Å². The molecular weight excluding hydrogens is 358 g/mol. The SMILES string of the molecule is CN(C)CCn1c(=O)n(-c2ccccc2)c(=O)c2c3c(sc21)CCCCC3. The maximum atomic E-state index is 13.4. The summed E-state index contributed by atoms with van der Waals surface area (Å²) in [5, 5.41) is 0.763. The molecule has 6 heteroatoms. The average molecular weight is 384 g/mol. The largest absolute Gasteiger partial charge is 0.336 e. The zero-order chi connectivity index (χ0) is 19.0. The zero-order valence-electron chi connectivity index (χ0n) is 15.9. The maximum Gasteiger partial charge on any atom is 0.336 e. The predicted octanol–water partition coefficient (Wildman–Crippen LogP) is 3.04. The third-order valence-corrected chi connectivity index (χ3v) is 6.59. The Morgan fingerprint density at radius 2 is 1.78 bits per heavy atom. The molecule has 142 valence electrons. The van der Waals surface area contributed by atoms with Gasteiger partial charge in [-0.3, -0.25) is 9.36 Å². The van der Waals surface area contributed by atoms with Crippen LogP contribution in [0.2, 0.25) is 0 Å². The minimum absolute atomic E-state index is 0.165. The number of likely N-dealkylation sites (N-methyl/N-ethyl adjacent to an activating group) is 1. The fourth-order valence-corrected chi connectivity index (χ4v) is 5.25. The van der Waals surface area contributed by atoms with Crippen LogP contribution in [0.5, 0.6) is 0 Å². The van der Waals surface area contributed by atoms with Crippen LogP contribution in [0.25, 0.3) is 15.9 Å². The number of benzene rings is 1. The van der Waals surface area contributed by atoms with Gasteiger partial charge in [0.2, 0.25) is 0 Å². The summed E-state index contributed by atoms with van der Waals surface area (Å²) in [6, 6.07) is 9.29. The van der Waals surface area contributed by atoms with E-state index in [-0.39, 0.29) is 11.2 Å². The van der Waals surface area contributed by atoms with Gasteiger partial charge in [-0.25, -0.2) is 9.36 Å². The van der Waals surface area contributed by atoms with E-state index in [4.69, 9.17) is 0 Å². The number of hydrogen-bond donors (Lipinski definition) is 0. The van der Waals surface area contributed by atoms with E-state index in [0.717, 1.165) is 42.4 Å². The van der Waals surface area contributed by atoms with Gasteiger partial charge < -0.3 is 4.90 Å². The van der Waals surface area contributed by atoms with Crippen molar-refractivity contribution >= 4 is 21.6 Å². The van der Waals surface area contributed by atoms with E-state index < -0.39 is 0 Å². The summed E-state index contributed by atoms with van der Waals surface area (Å²) in [4.78, 5) is 31.0. The molecule has 0 aliphatic heterocycles. The monoisotopic (exact) mass is 383 g/mol. The summed E-state index contributed by atoms with van der Waals surface area (Å²) in [5.41, 5.74) is 1.42. The Hall–Kier alpha value is -2.18. The summed E-state index contributed by atoms with van der Waals surface area (Å²) in [6.07, 6.45) is 5.43. The number of rotatable bonds is 4. The lowest BCUT2D eigenvalue weighted by Gasteiger charge is -2.15. The lowest BCUT2D eigenvalue weighted by molar-refractivity contribution is 0.382. The van der Waals surface area contributed by atoms with Crippen LogP contribution in [-0.4, -0.2) is 34.7 Å². The van der Waals surface area contributed by atoms with E-state index in [1.165, 1.54) is 21.4 Å². The lowest BCUT2D eigenvalue weighted by Crippen LogP contribution is -2.40.